The SMILES string of the molecule is C[C@](O)(c1ccc(F)cc1)[C@@H](F)CNC(=O)c1c(C(F)F)ccc(-c2ccn3nc(N)nc3c2)c1F. The van der Waals surface area contributed by atoms with Crippen LogP contribution in [0.15, 0.2) is 54.7 Å². The summed E-state index contributed by atoms with van der Waals surface area (Å²) in [5.41, 5.74) is 1.86. The Hall–Kier alpha value is -4.06. The first-order valence-electron chi connectivity index (χ1n) is 10.6. The van der Waals surface area contributed by atoms with Gasteiger partial charge in [0.15, 0.2) is 5.65 Å². The summed E-state index contributed by atoms with van der Waals surface area (Å²) >= 11 is 0. The fourth-order valence-electron chi connectivity index (χ4n) is 3.73. The number of pyridine rings is 1. The highest BCUT2D eigenvalue weighted by Crippen LogP contribution is 2.33. The van der Waals surface area contributed by atoms with Crippen LogP contribution in [0.3, 0.4) is 0 Å². The first-order valence-corrected chi connectivity index (χ1v) is 10.6. The number of alkyl halides is 3. The van der Waals surface area contributed by atoms with E-state index in [-0.39, 0.29) is 28.3 Å². The average molecular weight is 505 g/mol. The number of rotatable bonds is 7. The van der Waals surface area contributed by atoms with Gasteiger partial charge in [0.05, 0.1) is 12.1 Å². The van der Waals surface area contributed by atoms with Gasteiger partial charge in [0, 0.05) is 17.3 Å². The lowest BCUT2D eigenvalue weighted by atomic mass is 9.91. The number of aliphatic hydroxyl groups is 1. The number of carbonyl (C=O) groups excluding carboxylic acids is 1. The molecule has 0 spiro atoms. The van der Waals surface area contributed by atoms with Crippen LogP contribution in [0.25, 0.3) is 16.8 Å². The van der Waals surface area contributed by atoms with Crippen molar-refractivity contribution < 1.29 is 31.9 Å². The van der Waals surface area contributed by atoms with E-state index in [1.165, 1.54) is 35.0 Å². The third-order valence-corrected chi connectivity index (χ3v) is 5.78. The summed E-state index contributed by atoms with van der Waals surface area (Å²) in [7, 11) is 0. The molecular weight excluding hydrogens is 485 g/mol. The number of hydrogen-bond donors (Lipinski definition) is 3. The van der Waals surface area contributed by atoms with E-state index in [0.29, 0.717) is 0 Å². The third kappa shape index (κ3) is 4.71. The molecule has 0 aliphatic heterocycles. The van der Waals surface area contributed by atoms with Crippen molar-refractivity contribution in [1.29, 1.82) is 0 Å². The zero-order chi connectivity index (χ0) is 26.2. The number of hydrogen-bond acceptors (Lipinski definition) is 5. The van der Waals surface area contributed by atoms with Crippen molar-refractivity contribution >= 4 is 17.5 Å². The summed E-state index contributed by atoms with van der Waals surface area (Å²) in [6, 6.07) is 9.22. The smallest absolute Gasteiger partial charge is 0.264 e. The number of nitrogens with one attached hydrogen (secondary N) is 1. The molecule has 0 saturated carbocycles. The number of aromatic nitrogens is 3. The minimum absolute atomic E-state index is 0.0246. The van der Waals surface area contributed by atoms with Gasteiger partial charge >= 0.3 is 0 Å². The molecule has 12 heteroatoms. The largest absolute Gasteiger partial charge is 0.382 e. The molecule has 0 radical (unpaired) electrons. The predicted octanol–water partition coefficient (Wildman–Crippen LogP) is 4.17. The standard InChI is InChI=1S/C24H20F5N5O2/c1-24(36,13-2-4-14(25)5-3-13)17(26)11-31-22(35)19-16(21(28)29)7-6-15(20(19)27)12-8-9-34-18(10-12)32-23(30)33-34/h2-10,17,21,36H,11H2,1H3,(H2,30,33)(H,31,35)/t17-,24-/m0/s1. The summed E-state index contributed by atoms with van der Waals surface area (Å²) in [5, 5.41) is 16.5. The molecule has 2 aromatic carbocycles. The van der Waals surface area contributed by atoms with Gasteiger partial charge in [-0.2, -0.15) is 4.98 Å². The van der Waals surface area contributed by atoms with Gasteiger partial charge in [-0.3, -0.25) is 4.79 Å². The molecule has 0 unspecified atom stereocenters. The van der Waals surface area contributed by atoms with Gasteiger partial charge in [-0.15, -0.1) is 5.10 Å². The molecule has 7 nitrogen and oxygen atoms in total. The first-order chi connectivity index (χ1) is 17.0. The molecule has 4 aromatic rings. The Morgan fingerprint density at radius 1 is 1.14 bits per heavy atom. The number of fused-ring (bicyclic) bond motifs is 1. The zero-order valence-electron chi connectivity index (χ0n) is 18.7. The lowest BCUT2D eigenvalue weighted by Gasteiger charge is -2.28. The highest BCUT2D eigenvalue weighted by atomic mass is 19.3. The molecular formula is C24H20F5N5O2. The van der Waals surface area contributed by atoms with Crippen LogP contribution in [0.4, 0.5) is 27.9 Å². The molecule has 2 atom stereocenters. The molecule has 2 heterocycles. The Morgan fingerprint density at radius 2 is 1.83 bits per heavy atom. The van der Waals surface area contributed by atoms with Crippen molar-refractivity contribution in [1.82, 2.24) is 19.9 Å². The van der Waals surface area contributed by atoms with E-state index < -0.39 is 53.4 Å². The molecule has 36 heavy (non-hydrogen) atoms. The lowest BCUT2D eigenvalue weighted by molar-refractivity contribution is -0.0230. The molecule has 4 rings (SSSR count). The van der Waals surface area contributed by atoms with Crippen molar-refractivity contribution in [3.8, 4) is 11.1 Å². The van der Waals surface area contributed by atoms with E-state index in [0.717, 1.165) is 31.2 Å². The second kappa shape index (κ2) is 9.53. The van der Waals surface area contributed by atoms with Gasteiger partial charge in [-0.05, 0) is 42.3 Å². The van der Waals surface area contributed by atoms with Crippen molar-refractivity contribution in [2.45, 2.75) is 25.1 Å². The van der Waals surface area contributed by atoms with E-state index in [1.807, 2.05) is 0 Å². The second-order valence-electron chi connectivity index (χ2n) is 8.21. The monoisotopic (exact) mass is 505 g/mol. The topological polar surface area (TPSA) is 106 Å². The molecule has 0 aliphatic carbocycles. The summed E-state index contributed by atoms with van der Waals surface area (Å²) in [6.07, 6.45) is -3.90. The summed E-state index contributed by atoms with van der Waals surface area (Å²) < 4.78 is 72.1. The van der Waals surface area contributed by atoms with E-state index in [4.69, 9.17) is 5.73 Å². The zero-order valence-corrected chi connectivity index (χ0v) is 18.7. The second-order valence-corrected chi connectivity index (χ2v) is 8.21. The average Bonchev–Trinajstić information content (AvgIpc) is 3.21. The van der Waals surface area contributed by atoms with Gasteiger partial charge < -0.3 is 16.2 Å². The minimum atomic E-state index is -3.20. The van der Waals surface area contributed by atoms with Crippen LogP contribution in [-0.4, -0.2) is 38.3 Å². The number of carbonyl (C=O) groups is 1. The number of nitrogens with zero attached hydrogens (tertiary/aromatic N) is 3. The first kappa shape index (κ1) is 25.0. The highest BCUT2D eigenvalue weighted by Gasteiger charge is 2.35. The predicted molar refractivity (Wildman–Crippen MR) is 121 cm³/mol. The summed E-state index contributed by atoms with van der Waals surface area (Å²) in [5.74, 6) is -3.17. The van der Waals surface area contributed by atoms with Gasteiger partial charge in [0.1, 0.15) is 23.4 Å². The Kier molecular flexibility index (Phi) is 6.63. The summed E-state index contributed by atoms with van der Waals surface area (Å²) in [6.45, 7) is 0.275. The van der Waals surface area contributed by atoms with Gasteiger partial charge in [0.25, 0.3) is 12.3 Å². The van der Waals surface area contributed by atoms with Gasteiger partial charge in [0.2, 0.25) is 5.95 Å². The van der Waals surface area contributed by atoms with Crippen LogP contribution in [0, 0.1) is 11.6 Å². The normalized spacial score (nSPS) is 14.1. The number of anilines is 1. The van der Waals surface area contributed by atoms with E-state index >= 15 is 4.39 Å². The lowest BCUT2D eigenvalue weighted by Crippen LogP contribution is -2.42. The van der Waals surface area contributed by atoms with E-state index in [9.17, 15) is 27.5 Å². The molecule has 0 saturated heterocycles. The maximum Gasteiger partial charge on any atom is 0.264 e. The Bertz CT molecular complexity index is 1420. The maximum atomic E-state index is 15.5. The number of nitrogen functional groups attached to an aromatic ring is 1. The molecule has 2 aromatic heterocycles. The number of nitrogens with two attached hydrogens (primary N) is 1. The van der Waals surface area contributed by atoms with Gasteiger partial charge in [-0.1, -0.05) is 24.3 Å². The van der Waals surface area contributed by atoms with Crippen molar-refractivity contribution in [2.24, 2.45) is 0 Å². The minimum Gasteiger partial charge on any atom is -0.382 e. The van der Waals surface area contributed by atoms with Crippen LogP contribution >= 0.6 is 0 Å². The quantitative estimate of drug-likeness (QED) is 0.327. The van der Waals surface area contributed by atoms with Crippen molar-refractivity contribution in [3.05, 3.63) is 83.1 Å². The van der Waals surface area contributed by atoms with Crippen molar-refractivity contribution in [3.63, 3.8) is 0 Å². The van der Waals surface area contributed by atoms with Crippen LogP contribution in [0.1, 0.15) is 34.8 Å². The Morgan fingerprint density at radius 3 is 2.50 bits per heavy atom. The fraction of sp³-hybridized carbons (Fsp3) is 0.208. The fourth-order valence-corrected chi connectivity index (χ4v) is 3.73. The number of halogens is 5. The van der Waals surface area contributed by atoms with Crippen LogP contribution < -0.4 is 11.1 Å². The molecule has 0 aliphatic rings. The molecule has 1 amide bonds. The van der Waals surface area contributed by atoms with E-state index in [2.05, 4.69) is 15.4 Å². The van der Waals surface area contributed by atoms with Crippen LogP contribution in [0.5, 0.6) is 0 Å². The third-order valence-electron chi connectivity index (χ3n) is 5.78. The molecule has 0 fully saturated rings. The molecule has 4 N–H and O–H groups in total. The van der Waals surface area contributed by atoms with Gasteiger partial charge in [-0.25, -0.2) is 26.5 Å². The Labute approximate surface area is 201 Å². The van der Waals surface area contributed by atoms with Crippen LogP contribution in [-0.2, 0) is 5.60 Å². The van der Waals surface area contributed by atoms with Crippen molar-refractivity contribution in [2.75, 3.05) is 12.3 Å². The highest BCUT2D eigenvalue weighted by molar-refractivity contribution is 5.97. The maximum absolute atomic E-state index is 15.5. The van der Waals surface area contributed by atoms with Crippen LogP contribution in [0.2, 0.25) is 0 Å². The number of amides is 1. The number of benzene rings is 2. The molecule has 0 bridgehead atoms. The van der Waals surface area contributed by atoms with E-state index in [1.54, 1.807) is 0 Å². The molecule has 188 valence electrons. The Balaban J connectivity index is 1.62. The summed E-state index contributed by atoms with van der Waals surface area (Å²) in [4.78, 5) is 16.7.